The number of alkyl halides is 3. The van der Waals surface area contributed by atoms with Crippen LogP contribution in [0.5, 0.6) is 0 Å². The molecule has 2 fully saturated rings. The van der Waals surface area contributed by atoms with Crippen molar-refractivity contribution in [1.29, 1.82) is 5.26 Å². The number of hydrogen-bond donors (Lipinski definition) is 2. The van der Waals surface area contributed by atoms with Crippen molar-refractivity contribution in [3.8, 4) is 6.07 Å². The van der Waals surface area contributed by atoms with E-state index in [1.165, 1.54) is 36.5 Å². The summed E-state index contributed by atoms with van der Waals surface area (Å²) in [4.78, 5) is 28.6. The molecule has 0 bridgehead atoms. The van der Waals surface area contributed by atoms with Crippen LogP contribution < -0.4 is 5.32 Å². The zero-order valence-corrected chi connectivity index (χ0v) is 22.3. The quantitative estimate of drug-likeness (QED) is 0.476. The first-order chi connectivity index (χ1) is 18.8. The molecule has 2 aromatic carbocycles. The van der Waals surface area contributed by atoms with Gasteiger partial charge in [-0.3, -0.25) is 14.7 Å². The predicted molar refractivity (Wildman–Crippen MR) is 139 cm³/mol. The maximum absolute atomic E-state index is 14.8. The second-order valence-corrected chi connectivity index (χ2v) is 12.5. The average Bonchev–Trinajstić information content (AvgIpc) is 3.55. The highest BCUT2D eigenvalue weighted by atomic mass is 32.2. The highest BCUT2D eigenvalue weighted by Crippen LogP contribution is 2.47. The number of nitrogens with zero attached hydrogens (tertiary/aromatic N) is 3. The number of fused-ring (bicyclic) bond motifs is 1. The summed E-state index contributed by atoms with van der Waals surface area (Å²) < 4.78 is 67.1. The lowest BCUT2D eigenvalue weighted by atomic mass is 9.67. The summed E-state index contributed by atoms with van der Waals surface area (Å²) in [5.41, 5.74) is -0.273. The number of benzene rings is 2. The van der Waals surface area contributed by atoms with E-state index < -0.39 is 64.6 Å². The van der Waals surface area contributed by atoms with Crippen LogP contribution in [0.2, 0.25) is 0 Å². The van der Waals surface area contributed by atoms with Gasteiger partial charge in [0.05, 0.1) is 39.8 Å². The molecule has 0 radical (unpaired) electrons. The van der Waals surface area contributed by atoms with Gasteiger partial charge in [-0.1, -0.05) is 12.1 Å². The molecule has 1 aromatic heterocycles. The van der Waals surface area contributed by atoms with Crippen molar-refractivity contribution in [1.82, 2.24) is 15.1 Å². The SMILES string of the molecule is CS(=O)(=O)c1ccc(C2(C(=O)N3CC(F)C[C@@H]3C(=O)Nc3ccc4[nH]ncc4c3C#N)CCC(F)(F)CC2)cc1. The maximum Gasteiger partial charge on any atom is 0.248 e. The van der Waals surface area contributed by atoms with Gasteiger partial charge in [-0.05, 0) is 42.7 Å². The van der Waals surface area contributed by atoms with Crippen LogP contribution in [0, 0.1) is 11.3 Å². The van der Waals surface area contributed by atoms with Crippen LogP contribution in [-0.4, -0.2) is 66.3 Å². The summed E-state index contributed by atoms with van der Waals surface area (Å²) in [5, 5.41) is 19.4. The summed E-state index contributed by atoms with van der Waals surface area (Å²) in [6.07, 6.45) is -1.05. The van der Waals surface area contributed by atoms with Gasteiger partial charge in [-0.2, -0.15) is 10.4 Å². The van der Waals surface area contributed by atoms with Gasteiger partial charge in [-0.15, -0.1) is 0 Å². The summed E-state index contributed by atoms with van der Waals surface area (Å²) in [5.74, 6) is -4.36. The number of sulfone groups is 1. The Bertz CT molecular complexity index is 1620. The molecule has 13 heteroatoms. The number of carbonyl (C=O) groups excluding carboxylic acids is 2. The fourth-order valence-electron chi connectivity index (χ4n) is 5.68. The highest BCUT2D eigenvalue weighted by molar-refractivity contribution is 7.90. The molecule has 210 valence electrons. The van der Waals surface area contributed by atoms with E-state index in [1.54, 1.807) is 6.07 Å². The molecule has 0 spiro atoms. The van der Waals surface area contributed by atoms with Gasteiger partial charge in [0, 0.05) is 30.9 Å². The zero-order chi connectivity index (χ0) is 28.9. The molecule has 2 atom stereocenters. The molecule has 2 heterocycles. The molecular weight excluding hydrogens is 547 g/mol. The topological polar surface area (TPSA) is 136 Å². The normalized spacial score (nSPS) is 22.1. The number of rotatable bonds is 5. The Morgan fingerprint density at radius 3 is 2.42 bits per heavy atom. The number of H-pyrrole nitrogens is 1. The van der Waals surface area contributed by atoms with Gasteiger partial charge in [0.15, 0.2) is 9.84 Å². The van der Waals surface area contributed by atoms with Crippen LogP contribution in [0.4, 0.5) is 18.9 Å². The van der Waals surface area contributed by atoms with E-state index in [9.17, 15) is 36.4 Å². The number of aromatic nitrogens is 2. The lowest BCUT2D eigenvalue weighted by Gasteiger charge is -2.42. The van der Waals surface area contributed by atoms with E-state index in [1.807, 2.05) is 6.07 Å². The van der Waals surface area contributed by atoms with Gasteiger partial charge in [-0.25, -0.2) is 21.6 Å². The Morgan fingerprint density at radius 2 is 1.80 bits per heavy atom. The Morgan fingerprint density at radius 1 is 1.12 bits per heavy atom. The molecule has 40 heavy (non-hydrogen) atoms. The third-order valence-electron chi connectivity index (χ3n) is 7.89. The standard InChI is InChI=1S/C27H26F3N5O4S/c1-40(38,39)18-4-2-16(3-5-18)26(8-10-27(29,30)11-9-26)25(37)35-15-17(28)12-23(35)24(36)33-21-6-7-22-20(14-32-34-22)19(21)13-31/h2-7,14,17,23H,8-12,15H2,1H3,(H,32,34)(H,33,36)/t17?,23-/m1/s1. The summed E-state index contributed by atoms with van der Waals surface area (Å²) in [6, 6.07) is 9.37. The smallest absolute Gasteiger partial charge is 0.248 e. The molecule has 1 saturated carbocycles. The zero-order valence-electron chi connectivity index (χ0n) is 21.5. The molecule has 5 rings (SSSR count). The fourth-order valence-corrected chi connectivity index (χ4v) is 6.31. The number of amides is 2. The number of likely N-dealkylation sites (tertiary alicyclic amines) is 1. The van der Waals surface area contributed by atoms with Crippen LogP contribution in [-0.2, 0) is 24.8 Å². The first kappa shape index (κ1) is 27.6. The molecule has 1 unspecified atom stereocenters. The largest absolute Gasteiger partial charge is 0.327 e. The predicted octanol–water partition coefficient (Wildman–Crippen LogP) is 3.86. The van der Waals surface area contributed by atoms with E-state index in [-0.39, 0.29) is 35.4 Å². The molecule has 2 amide bonds. The second-order valence-electron chi connectivity index (χ2n) is 10.5. The lowest BCUT2D eigenvalue weighted by molar-refractivity contribution is -0.146. The van der Waals surface area contributed by atoms with Gasteiger partial charge >= 0.3 is 0 Å². The first-order valence-electron chi connectivity index (χ1n) is 12.7. The minimum atomic E-state index is -3.54. The van der Waals surface area contributed by atoms with E-state index in [4.69, 9.17) is 0 Å². The molecule has 3 aromatic rings. The number of aromatic amines is 1. The molecule has 1 saturated heterocycles. The van der Waals surface area contributed by atoms with Crippen molar-refractivity contribution in [2.24, 2.45) is 0 Å². The Hall–Kier alpha value is -3.92. The average molecular weight is 574 g/mol. The second kappa shape index (κ2) is 9.92. The van der Waals surface area contributed by atoms with Gasteiger partial charge in [0.2, 0.25) is 17.7 Å². The number of carbonyl (C=O) groups is 2. The lowest BCUT2D eigenvalue weighted by Crippen LogP contribution is -2.54. The summed E-state index contributed by atoms with van der Waals surface area (Å²) >= 11 is 0. The van der Waals surface area contributed by atoms with Crippen molar-refractivity contribution in [3.63, 3.8) is 0 Å². The maximum atomic E-state index is 14.8. The monoisotopic (exact) mass is 573 g/mol. The summed E-state index contributed by atoms with van der Waals surface area (Å²) in [7, 11) is -3.54. The number of anilines is 1. The van der Waals surface area contributed by atoms with Crippen LogP contribution in [0.1, 0.15) is 43.2 Å². The van der Waals surface area contributed by atoms with Crippen LogP contribution >= 0.6 is 0 Å². The Labute approximate surface area is 228 Å². The van der Waals surface area contributed by atoms with Gasteiger partial charge in [0.1, 0.15) is 18.3 Å². The fraction of sp³-hybridized carbons (Fsp3) is 0.407. The van der Waals surface area contributed by atoms with Crippen molar-refractivity contribution in [3.05, 3.63) is 53.7 Å². The summed E-state index contributed by atoms with van der Waals surface area (Å²) in [6.45, 7) is -0.400. The van der Waals surface area contributed by atoms with Gasteiger partial charge < -0.3 is 10.2 Å². The van der Waals surface area contributed by atoms with Crippen molar-refractivity contribution in [2.75, 3.05) is 18.1 Å². The molecular formula is C27H26F3N5O4S. The molecule has 2 N–H and O–H groups in total. The highest BCUT2D eigenvalue weighted by Gasteiger charge is 2.53. The van der Waals surface area contributed by atoms with Crippen molar-refractivity contribution >= 4 is 38.2 Å². The number of nitriles is 1. The number of nitrogens with one attached hydrogen (secondary N) is 2. The van der Waals surface area contributed by atoms with Crippen LogP contribution in [0.15, 0.2) is 47.5 Å². The third kappa shape index (κ3) is 4.92. The van der Waals surface area contributed by atoms with Gasteiger partial charge in [0.25, 0.3) is 0 Å². The van der Waals surface area contributed by atoms with Crippen molar-refractivity contribution < 1.29 is 31.2 Å². The van der Waals surface area contributed by atoms with Crippen LogP contribution in [0.25, 0.3) is 10.9 Å². The number of hydrogen-bond acceptors (Lipinski definition) is 6. The number of halogens is 3. The molecule has 1 aliphatic heterocycles. The first-order valence-corrected chi connectivity index (χ1v) is 14.5. The van der Waals surface area contributed by atoms with E-state index >= 15 is 0 Å². The molecule has 9 nitrogen and oxygen atoms in total. The Balaban J connectivity index is 1.48. The minimum absolute atomic E-state index is 0.00475. The Kier molecular flexibility index (Phi) is 6.86. The van der Waals surface area contributed by atoms with Crippen LogP contribution in [0.3, 0.4) is 0 Å². The van der Waals surface area contributed by atoms with E-state index in [0.717, 1.165) is 11.2 Å². The van der Waals surface area contributed by atoms with E-state index in [0.29, 0.717) is 16.5 Å². The van der Waals surface area contributed by atoms with E-state index in [2.05, 4.69) is 15.5 Å². The molecule has 1 aliphatic carbocycles. The van der Waals surface area contributed by atoms with Crippen molar-refractivity contribution in [2.45, 2.75) is 60.6 Å². The third-order valence-corrected chi connectivity index (χ3v) is 9.02. The molecule has 2 aliphatic rings. The minimum Gasteiger partial charge on any atom is -0.327 e.